The number of benzene rings is 1. The lowest BCUT2D eigenvalue weighted by Gasteiger charge is -2.17. The molecule has 0 saturated carbocycles. The quantitative estimate of drug-likeness (QED) is 0.726. The fourth-order valence-electron chi connectivity index (χ4n) is 2.22. The molecule has 0 aliphatic carbocycles. The van der Waals surface area contributed by atoms with Gasteiger partial charge in [-0.1, -0.05) is 12.1 Å². The first-order valence-corrected chi connectivity index (χ1v) is 8.23. The normalized spacial score (nSPS) is 18.5. The molecule has 3 rings (SSSR count). The smallest absolute Gasteiger partial charge is 0.376 e. The number of ether oxygens (including phenoxy) is 3. The molecule has 0 aromatic heterocycles. The Morgan fingerprint density at radius 1 is 1.26 bits per heavy atom. The van der Waals surface area contributed by atoms with Gasteiger partial charge < -0.3 is 14.2 Å². The minimum absolute atomic E-state index is 0.0388. The van der Waals surface area contributed by atoms with Gasteiger partial charge in [0.1, 0.15) is 31.0 Å². The summed E-state index contributed by atoms with van der Waals surface area (Å²) < 4.78 is 40.1. The summed E-state index contributed by atoms with van der Waals surface area (Å²) in [5.41, 5.74) is 0.116. The number of nitrogens with zero attached hydrogens (tertiary/aromatic N) is 1. The van der Waals surface area contributed by atoms with Gasteiger partial charge in [-0.15, -0.1) is 0 Å². The van der Waals surface area contributed by atoms with Crippen LogP contribution in [0.2, 0.25) is 0 Å². The highest BCUT2D eigenvalue weighted by atomic mass is 32.2. The first-order valence-electron chi connectivity index (χ1n) is 6.79. The fraction of sp³-hybridized carbons (Fsp3) is 0.286. The Morgan fingerprint density at radius 2 is 2.04 bits per heavy atom. The summed E-state index contributed by atoms with van der Waals surface area (Å²) in [4.78, 5) is 23.8. The second kappa shape index (κ2) is 5.92. The summed E-state index contributed by atoms with van der Waals surface area (Å²) in [6, 6.07) is 5.94. The third-order valence-electron chi connectivity index (χ3n) is 3.29. The third-order valence-corrected chi connectivity index (χ3v) is 5.13. The van der Waals surface area contributed by atoms with Gasteiger partial charge in [-0.3, -0.25) is 4.79 Å². The Bertz CT molecular complexity index is 784. The Hall–Kier alpha value is -2.55. The van der Waals surface area contributed by atoms with E-state index in [1.54, 1.807) is 12.1 Å². The summed E-state index contributed by atoms with van der Waals surface area (Å²) in [5.74, 6) is -1.49. The number of hydrogen-bond acceptors (Lipinski definition) is 7. The highest BCUT2D eigenvalue weighted by Crippen LogP contribution is 2.29. The molecule has 0 N–H and O–H groups in total. The van der Waals surface area contributed by atoms with Gasteiger partial charge in [0.05, 0.1) is 12.1 Å². The molecule has 1 amide bonds. The largest absolute Gasteiger partial charge is 0.493 e. The first-order chi connectivity index (χ1) is 11.0. The van der Waals surface area contributed by atoms with Crippen molar-refractivity contribution in [1.29, 1.82) is 0 Å². The summed E-state index contributed by atoms with van der Waals surface area (Å²) in [7, 11) is -3.90. The molecule has 1 aromatic rings. The molecule has 0 radical (unpaired) electrons. The number of carbonyl (C=O) groups is 2. The zero-order valence-electron chi connectivity index (χ0n) is 11.9. The Morgan fingerprint density at radius 3 is 2.74 bits per heavy atom. The van der Waals surface area contributed by atoms with Gasteiger partial charge >= 0.3 is 5.97 Å². The van der Waals surface area contributed by atoms with Crippen molar-refractivity contribution in [3.8, 4) is 0 Å². The number of sulfonamides is 1. The lowest BCUT2D eigenvalue weighted by Crippen LogP contribution is -2.34. The van der Waals surface area contributed by atoms with E-state index in [0.29, 0.717) is 10.9 Å². The number of hydrogen-bond donors (Lipinski definition) is 0. The predicted octanol–water partition coefficient (Wildman–Crippen LogP) is 0.262. The van der Waals surface area contributed by atoms with Crippen LogP contribution in [0.15, 0.2) is 41.2 Å². The molecule has 2 aliphatic heterocycles. The van der Waals surface area contributed by atoms with Crippen molar-refractivity contribution in [3.05, 3.63) is 41.9 Å². The van der Waals surface area contributed by atoms with E-state index < -0.39 is 21.9 Å². The zero-order valence-corrected chi connectivity index (χ0v) is 12.7. The van der Waals surface area contributed by atoms with E-state index in [2.05, 4.69) is 0 Å². The molecule has 23 heavy (non-hydrogen) atoms. The molecule has 2 aliphatic rings. The van der Waals surface area contributed by atoms with Crippen molar-refractivity contribution in [1.82, 2.24) is 4.31 Å². The minimum atomic E-state index is -3.90. The van der Waals surface area contributed by atoms with Crippen LogP contribution in [0.3, 0.4) is 0 Å². The Balaban J connectivity index is 1.64. The number of esters is 1. The maximum atomic E-state index is 12.3. The molecule has 0 spiro atoms. The Kier molecular flexibility index (Phi) is 3.95. The molecule has 0 atom stereocenters. The molecule has 0 bridgehead atoms. The molecule has 2 heterocycles. The van der Waals surface area contributed by atoms with E-state index in [1.807, 2.05) is 0 Å². The van der Waals surface area contributed by atoms with Crippen LogP contribution in [0.4, 0.5) is 0 Å². The van der Waals surface area contributed by atoms with Gasteiger partial charge in [0.15, 0.2) is 0 Å². The molecule has 0 unspecified atom stereocenters. The molecule has 0 fully saturated rings. The Labute approximate surface area is 132 Å². The van der Waals surface area contributed by atoms with Crippen molar-refractivity contribution in [2.24, 2.45) is 0 Å². The maximum absolute atomic E-state index is 12.3. The summed E-state index contributed by atoms with van der Waals surface area (Å²) in [6.07, 6.45) is 1.14. The van der Waals surface area contributed by atoms with Crippen LogP contribution in [0.5, 0.6) is 0 Å². The van der Waals surface area contributed by atoms with E-state index in [9.17, 15) is 18.0 Å². The van der Waals surface area contributed by atoms with Crippen LogP contribution in [-0.2, 0) is 29.0 Å². The average molecular weight is 339 g/mol. The van der Waals surface area contributed by atoms with E-state index in [-0.39, 0.29) is 36.0 Å². The molecule has 8 nitrogen and oxygen atoms in total. The number of carbonyl (C=O) groups excluding carboxylic acids is 2. The number of amides is 1. The molecular weight excluding hydrogens is 326 g/mol. The van der Waals surface area contributed by atoms with Crippen LogP contribution in [-0.4, -0.2) is 51.0 Å². The van der Waals surface area contributed by atoms with Gasteiger partial charge in [-0.05, 0) is 12.1 Å². The topological polar surface area (TPSA) is 99.2 Å². The lowest BCUT2D eigenvalue weighted by molar-refractivity contribution is -0.144. The van der Waals surface area contributed by atoms with Crippen molar-refractivity contribution >= 4 is 21.9 Å². The first kappa shape index (κ1) is 15.3. The van der Waals surface area contributed by atoms with Crippen molar-refractivity contribution < 1.29 is 32.2 Å². The molecule has 0 saturated heterocycles. The van der Waals surface area contributed by atoms with Gasteiger partial charge in [0.25, 0.3) is 15.9 Å². The van der Waals surface area contributed by atoms with Crippen molar-refractivity contribution in [2.75, 3.05) is 26.4 Å². The van der Waals surface area contributed by atoms with E-state index in [0.717, 1.165) is 6.26 Å². The fourth-order valence-corrected chi connectivity index (χ4v) is 3.77. The number of rotatable bonds is 4. The van der Waals surface area contributed by atoms with Crippen LogP contribution in [0, 0.1) is 0 Å². The van der Waals surface area contributed by atoms with Gasteiger partial charge in [0, 0.05) is 0 Å². The van der Waals surface area contributed by atoms with E-state index in [1.165, 1.54) is 12.1 Å². The highest BCUT2D eigenvalue weighted by Gasteiger charge is 2.40. The minimum Gasteiger partial charge on any atom is -0.493 e. The second-order valence-electron chi connectivity index (χ2n) is 4.72. The second-order valence-corrected chi connectivity index (χ2v) is 6.55. The summed E-state index contributed by atoms with van der Waals surface area (Å²) in [5, 5.41) is 0. The predicted molar refractivity (Wildman–Crippen MR) is 75.6 cm³/mol. The standard InChI is InChI=1S/C14H13NO7S/c16-13-10-3-1-2-4-12(10)23(18,19)15(13)5-6-22-14(17)11-9-20-7-8-21-11/h1-4,9H,5-8H2. The van der Waals surface area contributed by atoms with Crippen LogP contribution in [0.1, 0.15) is 10.4 Å². The zero-order chi connectivity index (χ0) is 16.4. The van der Waals surface area contributed by atoms with Gasteiger partial charge in [-0.2, -0.15) is 0 Å². The third kappa shape index (κ3) is 2.74. The number of fused-ring (bicyclic) bond motifs is 1. The van der Waals surface area contributed by atoms with Crippen LogP contribution < -0.4 is 0 Å². The summed E-state index contributed by atoms with van der Waals surface area (Å²) >= 11 is 0. The average Bonchev–Trinajstić information content (AvgIpc) is 2.76. The lowest BCUT2D eigenvalue weighted by atomic mass is 10.2. The van der Waals surface area contributed by atoms with Gasteiger partial charge in [-0.25, -0.2) is 17.5 Å². The molecule has 1 aromatic carbocycles. The van der Waals surface area contributed by atoms with Crippen LogP contribution in [0.25, 0.3) is 0 Å². The molecule has 9 heteroatoms. The van der Waals surface area contributed by atoms with Crippen molar-refractivity contribution in [3.63, 3.8) is 0 Å². The SMILES string of the molecule is O=C(OCCN1C(=O)c2ccccc2S1(=O)=O)C1=COCCO1. The van der Waals surface area contributed by atoms with E-state index >= 15 is 0 Å². The summed E-state index contributed by atoms with van der Waals surface area (Å²) in [6.45, 7) is 0.0268. The highest BCUT2D eigenvalue weighted by molar-refractivity contribution is 7.90. The van der Waals surface area contributed by atoms with E-state index in [4.69, 9.17) is 14.2 Å². The monoisotopic (exact) mass is 339 g/mol. The maximum Gasteiger partial charge on any atom is 0.376 e. The van der Waals surface area contributed by atoms with Crippen molar-refractivity contribution in [2.45, 2.75) is 4.90 Å². The van der Waals surface area contributed by atoms with Gasteiger partial charge in [0.2, 0.25) is 5.76 Å². The molecule has 122 valence electrons. The molecular formula is C14H13NO7S. The van der Waals surface area contributed by atoms with Crippen LogP contribution >= 0.6 is 0 Å².